The lowest BCUT2D eigenvalue weighted by Crippen LogP contribution is -2.28. The van der Waals surface area contributed by atoms with Crippen LogP contribution in [-0.4, -0.2) is 27.3 Å². The highest BCUT2D eigenvalue weighted by Crippen LogP contribution is 2.34. The summed E-state index contributed by atoms with van der Waals surface area (Å²) in [5.74, 6) is -0.690. The Balaban J connectivity index is 2.30. The number of nitrogens with one attached hydrogen (secondary N) is 3. The van der Waals surface area contributed by atoms with E-state index in [1.165, 1.54) is 28.4 Å². The molecule has 1 aromatic heterocycles. The fourth-order valence-corrected chi connectivity index (χ4v) is 2.85. The molecule has 10 heteroatoms. The number of amides is 1. The van der Waals surface area contributed by atoms with Crippen molar-refractivity contribution in [3.05, 3.63) is 44.9 Å². The maximum atomic E-state index is 13.6. The zero-order valence-electron chi connectivity index (χ0n) is 14.6. The fraction of sp³-hybridized carbons (Fsp3) is 0.375. The summed E-state index contributed by atoms with van der Waals surface area (Å²) in [6.07, 6.45) is 0. The quantitative estimate of drug-likeness (QED) is 0.571. The summed E-state index contributed by atoms with van der Waals surface area (Å²) in [5.41, 5.74) is -3.41. The number of aryl methyl sites for hydroxylation is 1. The Kier molecular flexibility index (Phi) is 5.71. The number of carbonyl (C=O) groups is 1. The van der Waals surface area contributed by atoms with Crippen molar-refractivity contribution in [1.82, 2.24) is 15.1 Å². The van der Waals surface area contributed by atoms with Crippen LogP contribution in [-0.2, 0) is 19.3 Å². The number of phenols is 1. The predicted octanol–water partition coefficient (Wildman–Crippen LogP) is 2.01. The highest BCUT2D eigenvalue weighted by atomic mass is 31.0. The maximum absolute atomic E-state index is 13.6. The van der Waals surface area contributed by atoms with Gasteiger partial charge in [-0.05, 0) is 25.5 Å². The van der Waals surface area contributed by atoms with Crippen molar-refractivity contribution in [2.75, 3.05) is 11.9 Å². The molecule has 1 aromatic carbocycles. The summed E-state index contributed by atoms with van der Waals surface area (Å²) in [5, 5.41) is 17.6. The highest BCUT2D eigenvalue weighted by Gasteiger charge is 2.32. The third kappa shape index (κ3) is 4.04. The van der Waals surface area contributed by atoms with Crippen LogP contribution in [0.5, 0.6) is 5.75 Å². The average molecular weight is 386 g/mol. The Morgan fingerprint density at radius 2 is 2.08 bits per heavy atom. The number of carbonyl (C=O) groups excluding carboxylic acids is 1. The van der Waals surface area contributed by atoms with Crippen LogP contribution in [0.4, 0.5) is 14.5 Å². The second-order valence-electron chi connectivity index (χ2n) is 5.83. The van der Waals surface area contributed by atoms with Gasteiger partial charge in [0.15, 0.2) is 0 Å². The largest absolute Gasteiger partial charge is 0.508 e. The predicted molar refractivity (Wildman–Crippen MR) is 97.8 cm³/mol. The van der Waals surface area contributed by atoms with E-state index in [1.807, 2.05) is 6.92 Å². The molecule has 2 rings (SSSR count). The number of hydrogen-bond acceptors (Lipinski definition) is 4. The maximum Gasteiger partial charge on any atom is 0.300 e. The standard InChI is InChI=1S/C16H21F2N4O3P/c1-4-19-12-6-9(23)5-10(8(12)2)14(24)20-7-11-13(16(17,18)26)21-22(3)15(11)25/h5-6,19,21,23H,4,7,26H2,1-3H3,(H,20,24). The lowest BCUT2D eigenvalue weighted by Gasteiger charge is -2.14. The minimum atomic E-state index is -3.33. The van der Waals surface area contributed by atoms with Crippen molar-refractivity contribution in [1.29, 1.82) is 0 Å². The van der Waals surface area contributed by atoms with E-state index < -0.39 is 22.8 Å². The molecule has 0 aliphatic carbocycles. The number of nitrogens with zero attached hydrogens (tertiary/aromatic N) is 1. The van der Waals surface area contributed by atoms with Gasteiger partial charge < -0.3 is 15.7 Å². The molecule has 1 unspecified atom stereocenters. The van der Waals surface area contributed by atoms with Gasteiger partial charge in [-0.15, -0.1) is 0 Å². The molecule has 0 saturated carbocycles. The normalized spacial score (nSPS) is 11.5. The molecular weight excluding hydrogens is 365 g/mol. The molecule has 2 aromatic rings. The summed E-state index contributed by atoms with van der Waals surface area (Å²) < 4.78 is 28.2. The average Bonchev–Trinajstić information content (AvgIpc) is 2.84. The van der Waals surface area contributed by atoms with E-state index in [4.69, 9.17) is 0 Å². The molecule has 0 saturated heterocycles. The molecule has 4 N–H and O–H groups in total. The van der Waals surface area contributed by atoms with Gasteiger partial charge in [0.25, 0.3) is 17.1 Å². The molecule has 0 spiro atoms. The molecule has 0 aliphatic rings. The number of hydrogen-bond donors (Lipinski definition) is 4. The summed E-state index contributed by atoms with van der Waals surface area (Å²) in [7, 11) is 2.67. The number of anilines is 1. The number of halogens is 2. The van der Waals surface area contributed by atoms with Crippen LogP contribution in [0, 0.1) is 6.92 Å². The molecule has 1 atom stereocenters. The Bertz CT molecular complexity index is 887. The van der Waals surface area contributed by atoms with Gasteiger partial charge in [-0.2, -0.15) is 8.78 Å². The van der Waals surface area contributed by atoms with E-state index in [0.717, 1.165) is 4.68 Å². The number of aromatic amines is 1. The number of phenolic OH excluding ortho intramolecular Hbond substituents is 1. The topological polar surface area (TPSA) is 99.2 Å². The minimum absolute atomic E-state index is 0.105. The van der Waals surface area contributed by atoms with Crippen molar-refractivity contribution in [2.24, 2.45) is 7.05 Å². The van der Waals surface area contributed by atoms with Crippen molar-refractivity contribution < 1.29 is 18.7 Å². The van der Waals surface area contributed by atoms with E-state index in [2.05, 4.69) is 15.7 Å². The van der Waals surface area contributed by atoms with Gasteiger partial charge in [0.2, 0.25) is 0 Å². The van der Waals surface area contributed by atoms with E-state index in [0.29, 0.717) is 17.8 Å². The first-order valence-corrected chi connectivity index (χ1v) is 8.44. The van der Waals surface area contributed by atoms with Crippen molar-refractivity contribution in [2.45, 2.75) is 26.1 Å². The van der Waals surface area contributed by atoms with Crippen LogP contribution in [0.25, 0.3) is 0 Å². The number of benzene rings is 1. The van der Waals surface area contributed by atoms with Crippen LogP contribution in [0.15, 0.2) is 16.9 Å². The monoisotopic (exact) mass is 386 g/mol. The second kappa shape index (κ2) is 7.45. The SMILES string of the molecule is CCNc1cc(O)cc(C(=O)NCc2c(C(F)(F)P)[nH]n(C)c2=O)c1C. The van der Waals surface area contributed by atoms with Crippen LogP contribution < -0.4 is 16.2 Å². The summed E-state index contributed by atoms with van der Waals surface area (Å²) in [4.78, 5) is 24.5. The van der Waals surface area contributed by atoms with E-state index in [1.54, 1.807) is 6.92 Å². The molecule has 1 amide bonds. The van der Waals surface area contributed by atoms with Crippen molar-refractivity contribution in [3.8, 4) is 5.75 Å². The first-order valence-electron chi connectivity index (χ1n) is 7.87. The molecule has 0 aliphatic heterocycles. The van der Waals surface area contributed by atoms with Gasteiger partial charge in [-0.1, -0.05) is 9.24 Å². The zero-order chi connectivity index (χ0) is 19.6. The lowest BCUT2D eigenvalue weighted by atomic mass is 10.0. The Labute approximate surface area is 151 Å². The van der Waals surface area contributed by atoms with Crippen molar-refractivity contribution in [3.63, 3.8) is 0 Å². The number of aromatic hydroxyl groups is 1. The number of alkyl halides is 2. The van der Waals surface area contributed by atoms with Gasteiger partial charge in [0, 0.05) is 30.9 Å². The highest BCUT2D eigenvalue weighted by molar-refractivity contribution is 7.17. The van der Waals surface area contributed by atoms with Gasteiger partial charge in [-0.25, -0.2) is 0 Å². The lowest BCUT2D eigenvalue weighted by molar-refractivity contribution is 0.0926. The number of H-pyrrole nitrogens is 1. The van der Waals surface area contributed by atoms with E-state index in [-0.39, 0.29) is 23.4 Å². The Morgan fingerprint density at radius 3 is 2.65 bits per heavy atom. The molecule has 142 valence electrons. The summed E-state index contributed by atoms with van der Waals surface area (Å²) in [6, 6.07) is 2.77. The van der Waals surface area contributed by atoms with Gasteiger partial charge >= 0.3 is 0 Å². The van der Waals surface area contributed by atoms with Crippen molar-refractivity contribution >= 4 is 20.8 Å². The van der Waals surface area contributed by atoms with Crippen LogP contribution in [0.1, 0.15) is 34.1 Å². The van der Waals surface area contributed by atoms with Gasteiger partial charge in [-0.3, -0.25) is 19.4 Å². The third-order valence-electron chi connectivity index (χ3n) is 3.91. The Hall–Kier alpha value is -2.41. The van der Waals surface area contributed by atoms with E-state index >= 15 is 0 Å². The molecular formula is C16H21F2N4O3P. The van der Waals surface area contributed by atoms with Crippen LogP contribution in [0.3, 0.4) is 0 Å². The fourth-order valence-electron chi connectivity index (χ4n) is 2.61. The summed E-state index contributed by atoms with van der Waals surface area (Å²) in [6.45, 7) is 3.79. The molecule has 0 fully saturated rings. The second-order valence-corrected chi connectivity index (χ2v) is 6.56. The molecule has 7 nitrogen and oxygen atoms in total. The first kappa shape index (κ1) is 19.9. The van der Waals surface area contributed by atoms with Gasteiger partial charge in [0.05, 0.1) is 12.1 Å². The van der Waals surface area contributed by atoms with Crippen LogP contribution in [0.2, 0.25) is 0 Å². The molecule has 0 bridgehead atoms. The number of aromatic nitrogens is 2. The summed E-state index contributed by atoms with van der Waals surface area (Å²) >= 11 is 0. The molecule has 26 heavy (non-hydrogen) atoms. The third-order valence-corrected chi connectivity index (χ3v) is 4.20. The first-order chi connectivity index (χ1) is 12.1. The zero-order valence-corrected chi connectivity index (χ0v) is 15.8. The smallest absolute Gasteiger partial charge is 0.300 e. The molecule has 1 heterocycles. The minimum Gasteiger partial charge on any atom is -0.508 e. The number of rotatable bonds is 6. The van der Waals surface area contributed by atoms with E-state index in [9.17, 15) is 23.5 Å². The Morgan fingerprint density at radius 1 is 1.42 bits per heavy atom. The molecule has 0 radical (unpaired) electrons. The van der Waals surface area contributed by atoms with Gasteiger partial charge in [0.1, 0.15) is 11.4 Å². The van der Waals surface area contributed by atoms with Crippen LogP contribution >= 0.6 is 9.24 Å².